The standard InChI is InChI=1S/C41H40N4/c1-5-41(6-2)24-25-43-40(45(30-14-8-7-9-15-30)39(42)32-22-20-28(3)26-29(32)4)35-23-21-31(27-36(35)41)44-37-18-12-10-16-33(37)34-17-11-13-19-38(34)44/h7-23,26-27,42H,5-6,24-25H2,1-4H3. The molecule has 1 aliphatic heterocycles. The number of aliphatic imine (C=N–C) groups is 1. The summed E-state index contributed by atoms with van der Waals surface area (Å²) < 4.78 is 2.41. The van der Waals surface area contributed by atoms with Crippen molar-refractivity contribution >= 4 is 39.2 Å². The first-order valence-electron chi connectivity index (χ1n) is 16.1. The molecule has 4 heteroatoms. The van der Waals surface area contributed by atoms with Gasteiger partial charge in [-0.1, -0.05) is 92.2 Å². The van der Waals surface area contributed by atoms with Gasteiger partial charge in [-0.05, 0) is 92.1 Å². The summed E-state index contributed by atoms with van der Waals surface area (Å²) in [4.78, 5) is 7.38. The van der Waals surface area contributed by atoms with E-state index in [9.17, 15) is 5.41 Å². The molecule has 0 spiro atoms. The average Bonchev–Trinajstić information content (AvgIpc) is 3.32. The van der Waals surface area contributed by atoms with E-state index in [-0.39, 0.29) is 5.41 Å². The highest BCUT2D eigenvalue weighted by Crippen LogP contribution is 2.42. The number of para-hydroxylation sites is 3. The number of aryl methyl sites for hydroxylation is 2. The third kappa shape index (κ3) is 4.76. The third-order valence-corrected chi connectivity index (χ3v) is 9.95. The monoisotopic (exact) mass is 588 g/mol. The van der Waals surface area contributed by atoms with Crippen LogP contribution in [-0.4, -0.2) is 22.8 Å². The van der Waals surface area contributed by atoms with Crippen LogP contribution in [0.1, 0.15) is 60.9 Å². The Balaban J connectivity index is 1.47. The minimum atomic E-state index is -0.0281. The zero-order valence-corrected chi connectivity index (χ0v) is 26.6. The van der Waals surface area contributed by atoms with Crippen LogP contribution in [0.15, 0.2) is 120 Å². The van der Waals surface area contributed by atoms with Crippen molar-refractivity contribution in [2.24, 2.45) is 4.99 Å². The van der Waals surface area contributed by atoms with Gasteiger partial charge < -0.3 is 4.57 Å². The van der Waals surface area contributed by atoms with Gasteiger partial charge in [0.05, 0.1) is 11.0 Å². The molecule has 2 heterocycles. The topological polar surface area (TPSA) is 44.4 Å². The second-order valence-corrected chi connectivity index (χ2v) is 12.4. The van der Waals surface area contributed by atoms with E-state index in [1.807, 2.05) is 18.2 Å². The first-order valence-corrected chi connectivity index (χ1v) is 16.1. The Hall–Kier alpha value is -4.96. The van der Waals surface area contributed by atoms with Gasteiger partial charge in [0.1, 0.15) is 11.7 Å². The lowest BCUT2D eigenvalue weighted by Crippen LogP contribution is -2.39. The zero-order valence-electron chi connectivity index (χ0n) is 26.6. The summed E-state index contributed by atoms with van der Waals surface area (Å²) in [5.74, 6) is 1.29. The largest absolute Gasteiger partial charge is 0.309 e. The fraction of sp³-hybridized carbons (Fsp3) is 0.220. The van der Waals surface area contributed by atoms with Crippen LogP contribution in [-0.2, 0) is 5.41 Å². The average molecular weight is 589 g/mol. The summed E-state index contributed by atoms with van der Waals surface area (Å²) in [5, 5.41) is 12.2. The molecule has 4 nitrogen and oxygen atoms in total. The zero-order chi connectivity index (χ0) is 31.1. The van der Waals surface area contributed by atoms with Crippen molar-refractivity contribution in [2.75, 3.05) is 11.4 Å². The summed E-state index contributed by atoms with van der Waals surface area (Å²) in [6.07, 6.45) is 3.01. The first kappa shape index (κ1) is 28.8. The fourth-order valence-electron chi connectivity index (χ4n) is 7.41. The second kappa shape index (κ2) is 11.5. The Morgan fingerprint density at radius 3 is 2.07 bits per heavy atom. The molecule has 1 N–H and O–H groups in total. The van der Waals surface area contributed by atoms with Gasteiger partial charge in [0, 0.05) is 39.8 Å². The molecule has 0 fully saturated rings. The maximum atomic E-state index is 9.65. The van der Waals surface area contributed by atoms with Crippen LogP contribution in [0.3, 0.4) is 0 Å². The molecular formula is C41H40N4. The molecule has 6 aromatic rings. The Bertz CT molecular complexity index is 2020. The first-order chi connectivity index (χ1) is 22.0. The molecule has 0 saturated carbocycles. The van der Waals surface area contributed by atoms with Gasteiger partial charge in [0.25, 0.3) is 0 Å². The van der Waals surface area contributed by atoms with Gasteiger partial charge in [-0.15, -0.1) is 0 Å². The molecule has 224 valence electrons. The number of rotatable bonds is 5. The molecule has 0 unspecified atom stereocenters. The number of anilines is 1. The lowest BCUT2D eigenvalue weighted by molar-refractivity contribution is 0.373. The van der Waals surface area contributed by atoms with Crippen molar-refractivity contribution in [2.45, 2.75) is 52.4 Å². The van der Waals surface area contributed by atoms with Crippen LogP contribution in [0.2, 0.25) is 0 Å². The summed E-state index contributed by atoms with van der Waals surface area (Å²) in [7, 11) is 0. The number of nitrogens with zero attached hydrogens (tertiary/aromatic N) is 3. The molecule has 0 atom stereocenters. The third-order valence-electron chi connectivity index (χ3n) is 9.95. The van der Waals surface area contributed by atoms with Gasteiger partial charge in [-0.2, -0.15) is 0 Å². The van der Waals surface area contributed by atoms with Crippen molar-refractivity contribution in [1.82, 2.24) is 4.57 Å². The quantitative estimate of drug-likeness (QED) is 0.158. The highest BCUT2D eigenvalue weighted by atomic mass is 15.2. The molecule has 1 aliphatic rings. The molecule has 7 rings (SSSR count). The van der Waals surface area contributed by atoms with Crippen LogP contribution < -0.4 is 4.90 Å². The lowest BCUT2D eigenvalue weighted by atomic mass is 9.71. The minimum absolute atomic E-state index is 0.0281. The molecule has 0 bridgehead atoms. The Labute approximate surface area is 266 Å². The number of aromatic nitrogens is 1. The molecular weight excluding hydrogens is 548 g/mol. The van der Waals surface area contributed by atoms with Gasteiger partial charge in [-0.25, -0.2) is 0 Å². The predicted octanol–water partition coefficient (Wildman–Crippen LogP) is 10.1. The van der Waals surface area contributed by atoms with E-state index in [4.69, 9.17) is 4.99 Å². The van der Waals surface area contributed by atoms with Crippen LogP contribution >= 0.6 is 0 Å². The molecule has 5 aromatic carbocycles. The van der Waals surface area contributed by atoms with Gasteiger partial charge in [0.2, 0.25) is 0 Å². The molecule has 0 saturated heterocycles. The van der Waals surface area contributed by atoms with E-state index in [0.29, 0.717) is 12.4 Å². The van der Waals surface area contributed by atoms with Crippen LogP contribution in [0.25, 0.3) is 27.5 Å². The summed E-state index contributed by atoms with van der Waals surface area (Å²) in [5.41, 5.74) is 10.1. The van der Waals surface area contributed by atoms with Gasteiger partial charge in [-0.3, -0.25) is 15.3 Å². The molecule has 45 heavy (non-hydrogen) atoms. The maximum absolute atomic E-state index is 9.65. The van der Waals surface area contributed by atoms with Crippen LogP contribution in [0.5, 0.6) is 0 Å². The highest BCUT2D eigenvalue weighted by molar-refractivity contribution is 6.29. The van der Waals surface area contributed by atoms with Crippen molar-refractivity contribution in [1.29, 1.82) is 5.41 Å². The van der Waals surface area contributed by atoms with Gasteiger partial charge >= 0.3 is 0 Å². The normalized spacial score (nSPS) is 14.2. The Kier molecular flexibility index (Phi) is 7.37. The smallest absolute Gasteiger partial charge is 0.141 e. The molecule has 0 radical (unpaired) electrons. The van der Waals surface area contributed by atoms with Crippen molar-refractivity contribution < 1.29 is 0 Å². The van der Waals surface area contributed by atoms with E-state index in [1.165, 1.54) is 32.9 Å². The van der Waals surface area contributed by atoms with E-state index in [2.05, 4.69) is 134 Å². The summed E-state index contributed by atoms with van der Waals surface area (Å²) >= 11 is 0. The summed E-state index contributed by atoms with van der Waals surface area (Å²) in [6.45, 7) is 9.54. The van der Waals surface area contributed by atoms with Crippen molar-refractivity contribution in [3.8, 4) is 5.69 Å². The number of benzene rings is 5. The molecule has 0 aliphatic carbocycles. The lowest BCUT2D eigenvalue weighted by Gasteiger charge is -2.34. The van der Waals surface area contributed by atoms with E-state index in [1.54, 1.807) is 0 Å². The molecule has 1 aromatic heterocycles. The highest BCUT2D eigenvalue weighted by Gasteiger charge is 2.36. The SMILES string of the molecule is CCC1(CC)CCN=C(N(C(=N)c2ccc(C)cc2C)c2ccccc2)c2ccc(-n3c4ccccc4c4ccccc43)cc21. The maximum Gasteiger partial charge on any atom is 0.141 e. The van der Waals surface area contributed by atoms with Crippen LogP contribution in [0, 0.1) is 19.3 Å². The predicted molar refractivity (Wildman–Crippen MR) is 191 cm³/mol. The number of amidine groups is 2. The minimum Gasteiger partial charge on any atom is -0.309 e. The van der Waals surface area contributed by atoms with Gasteiger partial charge in [0.15, 0.2) is 0 Å². The summed E-state index contributed by atoms with van der Waals surface area (Å²) in [6, 6.07) is 41.0. The fourth-order valence-corrected chi connectivity index (χ4v) is 7.41. The number of fused-ring (bicyclic) bond motifs is 4. The Morgan fingerprint density at radius 2 is 1.42 bits per heavy atom. The van der Waals surface area contributed by atoms with Crippen molar-refractivity contribution in [3.63, 3.8) is 0 Å². The number of hydrogen-bond acceptors (Lipinski definition) is 2. The van der Waals surface area contributed by atoms with E-state index < -0.39 is 0 Å². The second-order valence-electron chi connectivity index (χ2n) is 12.4. The van der Waals surface area contributed by atoms with E-state index in [0.717, 1.165) is 53.2 Å². The number of hydrogen-bond donors (Lipinski definition) is 1. The van der Waals surface area contributed by atoms with E-state index >= 15 is 0 Å². The van der Waals surface area contributed by atoms with Crippen molar-refractivity contribution in [3.05, 3.63) is 143 Å². The Morgan fingerprint density at radius 1 is 0.778 bits per heavy atom. The number of nitrogens with one attached hydrogen (secondary N) is 1. The van der Waals surface area contributed by atoms with Crippen LogP contribution in [0.4, 0.5) is 5.69 Å². The molecule has 0 amide bonds.